The minimum absolute atomic E-state index is 0.219. The first kappa shape index (κ1) is 15.2. The number of nitrogens with one attached hydrogen (secondary N) is 2. The van der Waals surface area contributed by atoms with Gasteiger partial charge in [-0.15, -0.1) is 0 Å². The van der Waals surface area contributed by atoms with E-state index in [2.05, 4.69) is 26.6 Å². The predicted molar refractivity (Wildman–Crippen MR) is 74.6 cm³/mol. The lowest BCUT2D eigenvalue weighted by Crippen LogP contribution is -2.44. The van der Waals surface area contributed by atoms with Crippen molar-refractivity contribution in [2.24, 2.45) is 5.73 Å². The zero-order chi connectivity index (χ0) is 14.4. The number of amides is 3. The summed E-state index contributed by atoms with van der Waals surface area (Å²) < 4.78 is 0.883. The molecule has 0 spiro atoms. The van der Waals surface area contributed by atoms with E-state index >= 15 is 0 Å². The van der Waals surface area contributed by atoms with Crippen LogP contribution in [0.4, 0.5) is 10.5 Å². The standard InChI is InChI=1S/C12H14BrN3O3/c1-7(17)10(6-11(14)18)16-12(19)15-9-4-2-8(13)3-5-9/h2-5,10H,6H2,1H3,(H2,14,18)(H2,15,16,19). The molecule has 102 valence electrons. The van der Waals surface area contributed by atoms with Crippen molar-refractivity contribution >= 4 is 39.3 Å². The maximum absolute atomic E-state index is 11.7. The average molecular weight is 328 g/mol. The van der Waals surface area contributed by atoms with Crippen LogP contribution in [0.15, 0.2) is 28.7 Å². The van der Waals surface area contributed by atoms with Gasteiger partial charge in [-0.25, -0.2) is 4.79 Å². The summed E-state index contributed by atoms with van der Waals surface area (Å²) in [7, 11) is 0. The van der Waals surface area contributed by atoms with E-state index < -0.39 is 18.0 Å². The fourth-order valence-electron chi connectivity index (χ4n) is 1.36. The molecule has 6 nitrogen and oxygen atoms in total. The van der Waals surface area contributed by atoms with Gasteiger partial charge < -0.3 is 16.4 Å². The van der Waals surface area contributed by atoms with Crippen molar-refractivity contribution in [1.82, 2.24) is 5.32 Å². The highest BCUT2D eigenvalue weighted by molar-refractivity contribution is 9.10. The first-order chi connectivity index (χ1) is 8.88. The minimum atomic E-state index is -0.909. The summed E-state index contributed by atoms with van der Waals surface area (Å²) in [6.07, 6.45) is -0.219. The topological polar surface area (TPSA) is 101 Å². The molecule has 19 heavy (non-hydrogen) atoms. The molecule has 0 fully saturated rings. The van der Waals surface area contributed by atoms with Crippen LogP contribution in [0.5, 0.6) is 0 Å². The molecule has 3 amide bonds. The largest absolute Gasteiger partial charge is 0.370 e. The van der Waals surface area contributed by atoms with Crippen molar-refractivity contribution in [3.63, 3.8) is 0 Å². The number of anilines is 1. The predicted octanol–water partition coefficient (Wildman–Crippen LogP) is 1.40. The highest BCUT2D eigenvalue weighted by Crippen LogP contribution is 2.13. The zero-order valence-electron chi connectivity index (χ0n) is 10.3. The Labute approximate surface area is 118 Å². The lowest BCUT2D eigenvalue weighted by molar-refractivity contribution is -0.124. The summed E-state index contributed by atoms with van der Waals surface area (Å²) >= 11 is 3.27. The second kappa shape index (κ2) is 6.89. The van der Waals surface area contributed by atoms with Gasteiger partial charge in [-0.3, -0.25) is 9.59 Å². The Morgan fingerprint density at radius 1 is 1.26 bits per heavy atom. The first-order valence-corrected chi connectivity index (χ1v) is 6.29. The van der Waals surface area contributed by atoms with Crippen LogP contribution in [0.3, 0.4) is 0 Å². The lowest BCUT2D eigenvalue weighted by atomic mass is 10.1. The van der Waals surface area contributed by atoms with Crippen molar-refractivity contribution in [1.29, 1.82) is 0 Å². The molecule has 4 N–H and O–H groups in total. The van der Waals surface area contributed by atoms with Gasteiger partial charge in [-0.1, -0.05) is 15.9 Å². The highest BCUT2D eigenvalue weighted by Gasteiger charge is 2.19. The van der Waals surface area contributed by atoms with Crippen LogP contribution in [0, 0.1) is 0 Å². The van der Waals surface area contributed by atoms with E-state index in [4.69, 9.17) is 5.73 Å². The van der Waals surface area contributed by atoms with Crippen LogP contribution in [-0.4, -0.2) is 23.8 Å². The molecule has 1 rings (SSSR count). The Bertz CT molecular complexity index is 487. The number of benzene rings is 1. The number of hydrogen-bond donors (Lipinski definition) is 3. The van der Waals surface area contributed by atoms with E-state index in [9.17, 15) is 14.4 Å². The van der Waals surface area contributed by atoms with Gasteiger partial charge in [0.1, 0.15) is 0 Å². The van der Waals surface area contributed by atoms with Crippen LogP contribution in [0.1, 0.15) is 13.3 Å². The SMILES string of the molecule is CC(=O)C(CC(N)=O)NC(=O)Nc1ccc(Br)cc1. The molecule has 0 aliphatic heterocycles. The van der Waals surface area contributed by atoms with E-state index in [1.165, 1.54) is 6.92 Å². The van der Waals surface area contributed by atoms with Crippen molar-refractivity contribution in [3.05, 3.63) is 28.7 Å². The minimum Gasteiger partial charge on any atom is -0.370 e. The Hall–Kier alpha value is -1.89. The van der Waals surface area contributed by atoms with Gasteiger partial charge in [0.25, 0.3) is 0 Å². The van der Waals surface area contributed by atoms with Gasteiger partial charge in [-0.05, 0) is 31.2 Å². The molecule has 0 saturated heterocycles. The Kier molecular flexibility index (Phi) is 5.50. The van der Waals surface area contributed by atoms with E-state index in [0.717, 1.165) is 4.47 Å². The number of Topliss-reactive ketones (excluding diaryl/α,β-unsaturated/α-hetero) is 1. The molecule has 0 aliphatic carbocycles. The second-order valence-corrected chi connectivity index (χ2v) is 4.85. The van der Waals surface area contributed by atoms with Crippen molar-refractivity contribution in [3.8, 4) is 0 Å². The number of urea groups is 1. The number of ketones is 1. The molecule has 7 heteroatoms. The summed E-state index contributed by atoms with van der Waals surface area (Å²) in [5.74, 6) is -0.978. The Balaban J connectivity index is 2.59. The summed E-state index contributed by atoms with van der Waals surface area (Å²) in [5.41, 5.74) is 5.58. The third-order valence-electron chi connectivity index (χ3n) is 2.30. The molecule has 0 aromatic heterocycles. The number of carbonyl (C=O) groups excluding carboxylic acids is 3. The number of hydrogen-bond acceptors (Lipinski definition) is 3. The molecule has 0 bridgehead atoms. The lowest BCUT2D eigenvalue weighted by Gasteiger charge is -2.14. The Morgan fingerprint density at radius 3 is 2.32 bits per heavy atom. The van der Waals surface area contributed by atoms with Gasteiger partial charge in [0, 0.05) is 10.2 Å². The zero-order valence-corrected chi connectivity index (χ0v) is 11.9. The fourth-order valence-corrected chi connectivity index (χ4v) is 1.62. The monoisotopic (exact) mass is 327 g/mol. The van der Waals surface area contributed by atoms with Crippen molar-refractivity contribution in [2.45, 2.75) is 19.4 Å². The number of carbonyl (C=O) groups is 3. The summed E-state index contributed by atoms with van der Waals surface area (Å²) in [5, 5.41) is 4.95. The number of halogens is 1. The van der Waals surface area contributed by atoms with Crippen molar-refractivity contribution < 1.29 is 14.4 Å². The van der Waals surface area contributed by atoms with Gasteiger partial charge in [0.15, 0.2) is 5.78 Å². The molecule has 1 aromatic rings. The molecule has 0 radical (unpaired) electrons. The maximum Gasteiger partial charge on any atom is 0.319 e. The summed E-state index contributed by atoms with van der Waals surface area (Å²) in [4.78, 5) is 33.7. The molecular weight excluding hydrogens is 314 g/mol. The van der Waals surface area contributed by atoms with Gasteiger partial charge in [0.2, 0.25) is 5.91 Å². The van der Waals surface area contributed by atoms with E-state index in [0.29, 0.717) is 5.69 Å². The van der Waals surface area contributed by atoms with E-state index in [1.54, 1.807) is 24.3 Å². The van der Waals surface area contributed by atoms with E-state index in [-0.39, 0.29) is 12.2 Å². The van der Waals surface area contributed by atoms with Gasteiger partial charge in [-0.2, -0.15) is 0 Å². The van der Waals surface area contributed by atoms with Crippen LogP contribution < -0.4 is 16.4 Å². The smallest absolute Gasteiger partial charge is 0.319 e. The summed E-state index contributed by atoms with van der Waals surface area (Å²) in [6, 6.07) is 5.45. The van der Waals surface area contributed by atoms with Gasteiger partial charge in [0.05, 0.1) is 12.5 Å². The normalized spacial score (nSPS) is 11.5. The number of rotatable bonds is 5. The molecule has 0 aliphatic rings. The summed E-state index contributed by atoms with van der Waals surface area (Å²) in [6.45, 7) is 1.29. The van der Waals surface area contributed by atoms with Gasteiger partial charge >= 0.3 is 6.03 Å². The van der Waals surface area contributed by atoms with Crippen LogP contribution in [-0.2, 0) is 9.59 Å². The first-order valence-electron chi connectivity index (χ1n) is 5.50. The third kappa shape index (κ3) is 5.52. The van der Waals surface area contributed by atoms with Crippen LogP contribution in [0.25, 0.3) is 0 Å². The Morgan fingerprint density at radius 2 is 1.84 bits per heavy atom. The maximum atomic E-state index is 11.7. The third-order valence-corrected chi connectivity index (χ3v) is 2.83. The average Bonchev–Trinajstić information content (AvgIpc) is 2.30. The molecule has 1 aromatic carbocycles. The quantitative estimate of drug-likeness (QED) is 0.761. The fraction of sp³-hybridized carbons (Fsp3) is 0.250. The molecule has 1 atom stereocenters. The van der Waals surface area contributed by atoms with Crippen molar-refractivity contribution in [2.75, 3.05) is 5.32 Å². The molecule has 0 saturated carbocycles. The molecular formula is C12H14BrN3O3. The number of primary amides is 1. The van der Waals surface area contributed by atoms with Crippen LogP contribution in [0.2, 0.25) is 0 Å². The van der Waals surface area contributed by atoms with E-state index in [1.807, 2.05) is 0 Å². The molecule has 0 heterocycles. The molecule has 1 unspecified atom stereocenters. The second-order valence-electron chi connectivity index (χ2n) is 3.94. The highest BCUT2D eigenvalue weighted by atomic mass is 79.9. The number of nitrogens with two attached hydrogens (primary N) is 1. The van der Waals surface area contributed by atoms with Crippen LogP contribution >= 0.6 is 15.9 Å².